The van der Waals surface area contributed by atoms with E-state index < -0.39 is 0 Å². The Balaban J connectivity index is 2.17. The molecule has 1 fully saturated rings. The predicted octanol–water partition coefficient (Wildman–Crippen LogP) is 3.57. The Kier molecular flexibility index (Phi) is 2.60. The fraction of sp³-hybridized carbons (Fsp3) is 0.417. The summed E-state index contributed by atoms with van der Waals surface area (Å²) in [5.74, 6) is 1.00. The summed E-state index contributed by atoms with van der Waals surface area (Å²) in [4.78, 5) is 11.9. The predicted molar refractivity (Wildman–Crippen MR) is 57.7 cm³/mol. The minimum Gasteiger partial charge on any atom is -0.294 e. The van der Waals surface area contributed by atoms with Crippen LogP contribution in [0.4, 0.5) is 0 Å². The zero-order valence-corrected chi connectivity index (χ0v) is 8.92. The van der Waals surface area contributed by atoms with E-state index in [1.54, 1.807) is 12.1 Å². The second kappa shape index (κ2) is 3.74. The topological polar surface area (TPSA) is 17.1 Å². The van der Waals surface area contributed by atoms with E-state index in [0.717, 1.165) is 5.56 Å². The molecule has 0 radical (unpaired) electrons. The first-order valence-electron chi connectivity index (χ1n) is 4.98. The van der Waals surface area contributed by atoms with Crippen LogP contribution < -0.4 is 0 Å². The quantitative estimate of drug-likeness (QED) is 0.695. The maximum absolute atomic E-state index is 11.9. The highest BCUT2D eigenvalue weighted by Gasteiger charge is 2.32. The summed E-state index contributed by atoms with van der Waals surface area (Å²) in [5, 5.41) is 0.638. The number of hydrogen-bond donors (Lipinski definition) is 0. The number of hydrogen-bond acceptors (Lipinski definition) is 1. The Hall–Kier alpha value is -0.820. The van der Waals surface area contributed by atoms with Gasteiger partial charge in [-0.15, -0.1) is 0 Å². The van der Waals surface area contributed by atoms with Gasteiger partial charge in [0, 0.05) is 16.5 Å². The van der Waals surface area contributed by atoms with Crippen LogP contribution in [0, 0.1) is 11.8 Å². The minimum absolute atomic E-state index is 0.161. The van der Waals surface area contributed by atoms with Gasteiger partial charge in [0.1, 0.15) is 0 Å². The van der Waals surface area contributed by atoms with Crippen molar-refractivity contribution in [2.75, 3.05) is 0 Å². The summed E-state index contributed by atoms with van der Waals surface area (Å²) >= 11 is 5.84. The van der Waals surface area contributed by atoms with E-state index >= 15 is 0 Å². The first-order chi connectivity index (χ1) is 6.68. The van der Waals surface area contributed by atoms with Crippen molar-refractivity contribution in [3.8, 4) is 0 Å². The highest BCUT2D eigenvalue weighted by atomic mass is 35.5. The van der Waals surface area contributed by atoms with Gasteiger partial charge in [0.25, 0.3) is 0 Å². The lowest BCUT2D eigenvalue weighted by Crippen LogP contribution is -2.12. The van der Waals surface area contributed by atoms with E-state index in [0.29, 0.717) is 10.9 Å². The summed E-state index contributed by atoms with van der Waals surface area (Å²) < 4.78 is 0. The number of halogens is 1. The van der Waals surface area contributed by atoms with Gasteiger partial charge in [0.05, 0.1) is 0 Å². The third-order valence-corrected chi connectivity index (χ3v) is 3.09. The van der Waals surface area contributed by atoms with Crippen LogP contribution in [0.1, 0.15) is 30.1 Å². The van der Waals surface area contributed by atoms with Crippen molar-refractivity contribution in [2.24, 2.45) is 11.8 Å². The number of carbonyl (C=O) groups excluding carboxylic acids is 1. The van der Waals surface area contributed by atoms with E-state index in [1.165, 1.54) is 12.8 Å². The molecular weight excluding hydrogens is 196 g/mol. The SMILES string of the molecule is CC(C(=O)c1cccc(Cl)c1)C1CC1. The molecule has 2 heteroatoms. The van der Waals surface area contributed by atoms with Gasteiger partial charge in [-0.25, -0.2) is 0 Å². The Morgan fingerprint density at radius 2 is 2.21 bits per heavy atom. The summed E-state index contributed by atoms with van der Waals surface area (Å²) in [6, 6.07) is 7.21. The van der Waals surface area contributed by atoms with Gasteiger partial charge >= 0.3 is 0 Å². The minimum atomic E-state index is 0.161. The van der Waals surface area contributed by atoms with Gasteiger partial charge in [-0.05, 0) is 30.9 Å². The number of benzene rings is 1. The van der Waals surface area contributed by atoms with Crippen molar-refractivity contribution in [3.05, 3.63) is 34.9 Å². The van der Waals surface area contributed by atoms with Crippen molar-refractivity contribution in [1.29, 1.82) is 0 Å². The summed E-state index contributed by atoms with van der Waals surface area (Å²) in [7, 11) is 0. The zero-order valence-electron chi connectivity index (χ0n) is 8.16. The summed E-state index contributed by atoms with van der Waals surface area (Å²) in [6.45, 7) is 2.01. The molecule has 1 aromatic rings. The fourth-order valence-corrected chi connectivity index (χ4v) is 1.91. The molecule has 0 heterocycles. The van der Waals surface area contributed by atoms with Crippen LogP contribution >= 0.6 is 11.6 Å². The monoisotopic (exact) mass is 208 g/mol. The molecule has 0 aliphatic heterocycles. The van der Waals surface area contributed by atoms with E-state index in [1.807, 2.05) is 19.1 Å². The lowest BCUT2D eigenvalue weighted by molar-refractivity contribution is 0.0916. The van der Waals surface area contributed by atoms with Gasteiger partial charge in [0.2, 0.25) is 0 Å². The molecule has 1 unspecified atom stereocenters. The van der Waals surface area contributed by atoms with Crippen molar-refractivity contribution >= 4 is 17.4 Å². The molecule has 1 atom stereocenters. The van der Waals surface area contributed by atoms with E-state index in [-0.39, 0.29) is 11.7 Å². The number of rotatable bonds is 3. The Morgan fingerprint density at radius 3 is 2.79 bits per heavy atom. The van der Waals surface area contributed by atoms with Crippen LogP contribution in [0.25, 0.3) is 0 Å². The van der Waals surface area contributed by atoms with Crippen LogP contribution in [-0.2, 0) is 0 Å². The van der Waals surface area contributed by atoms with Gasteiger partial charge < -0.3 is 0 Å². The average Bonchev–Trinajstić information content (AvgIpc) is 2.99. The third kappa shape index (κ3) is 1.98. The molecular formula is C12H13ClO. The Morgan fingerprint density at radius 1 is 1.50 bits per heavy atom. The first-order valence-corrected chi connectivity index (χ1v) is 5.36. The average molecular weight is 209 g/mol. The van der Waals surface area contributed by atoms with Crippen molar-refractivity contribution in [2.45, 2.75) is 19.8 Å². The standard InChI is InChI=1S/C12H13ClO/c1-8(9-5-6-9)12(14)10-3-2-4-11(13)7-10/h2-4,7-9H,5-6H2,1H3. The highest BCUT2D eigenvalue weighted by Crippen LogP contribution is 2.38. The molecule has 1 saturated carbocycles. The van der Waals surface area contributed by atoms with Crippen molar-refractivity contribution < 1.29 is 4.79 Å². The van der Waals surface area contributed by atoms with E-state index in [2.05, 4.69) is 0 Å². The summed E-state index contributed by atoms with van der Waals surface area (Å²) in [6.07, 6.45) is 2.40. The normalized spacial score (nSPS) is 17.9. The molecule has 0 bridgehead atoms. The van der Waals surface area contributed by atoms with Crippen molar-refractivity contribution in [3.63, 3.8) is 0 Å². The van der Waals surface area contributed by atoms with Crippen LogP contribution in [0.3, 0.4) is 0 Å². The molecule has 2 rings (SSSR count). The molecule has 0 N–H and O–H groups in total. The van der Waals surface area contributed by atoms with Crippen LogP contribution in [0.15, 0.2) is 24.3 Å². The van der Waals surface area contributed by atoms with Gasteiger partial charge in [-0.2, -0.15) is 0 Å². The number of Topliss-reactive ketones (excluding diaryl/α,β-unsaturated/α-hetero) is 1. The second-order valence-electron chi connectivity index (χ2n) is 4.00. The number of ketones is 1. The third-order valence-electron chi connectivity index (χ3n) is 2.85. The maximum Gasteiger partial charge on any atom is 0.165 e. The molecule has 0 spiro atoms. The van der Waals surface area contributed by atoms with Crippen molar-refractivity contribution in [1.82, 2.24) is 0 Å². The molecule has 1 nitrogen and oxygen atoms in total. The summed E-state index contributed by atoms with van der Waals surface area (Å²) in [5.41, 5.74) is 0.747. The number of carbonyl (C=O) groups is 1. The molecule has 1 aromatic carbocycles. The van der Waals surface area contributed by atoms with Gasteiger partial charge in [-0.1, -0.05) is 30.7 Å². The molecule has 0 saturated heterocycles. The van der Waals surface area contributed by atoms with Gasteiger partial charge in [0.15, 0.2) is 5.78 Å². The Bertz CT molecular complexity index is 355. The molecule has 1 aliphatic rings. The molecule has 0 amide bonds. The highest BCUT2D eigenvalue weighted by molar-refractivity contribution is 6.31. The zero-order chi connectivity index (χ0) is 10.1. The second-order valence-corrected chi connectivity index (χ2v) is 4.44. The lowest BCUT2D eigenvalue weighted by atomic mass is 9.95. The molecule has 0 aromatic heterocycles. The molecule has 74 valence electrons. The smallest absolute Gasteiger partial charge is 0.165 e. The lowest BCUT2D eigenvalue weighted by Gasteiger charge is -2.08. The Labute approximate surface area is 89.1 Å². The largest absolute Gasteiger partial charge is 0.294 e. The van der Waals surface area contributed by atoms with Crippen LogP contribution in [-0.4, -0.2) is 5.78 Å². The fourth-order valence-electron chi connectivity index (χ4n) is 1.71. The maximum atomic E-state index is 11.9. The van der Waals surface area contributed by atoms with Gasteiger partial charge in [-0.3, -0.25) is 4.79 Å². The van der Waals surface area contributed by atoms with Crippen LogP contribution in [0.5, 0.6) is 0 Å². The van der Waals surface area contributed by atoms with E-state index in [9.17, 15) is 4.79 Å². The molecule has 1 aliphatic carbocycles. The van der Waals surface area contributed by atoms with Crippen LogP contribution in [0.2, 0.25) is 5.02 Å². The first kappa shape index (κ1) is 9.72. The molecule has 14 heavy (non-hydrogen) atoms. The van der Waals surface area contributed by atoms with E-state index in [4.69, 9.17) is 11.6 Å².